The van der Waals surface area contributed by atoms with Gasteiger partial charge in [-0.2, -0.15) is 4.98 Å². The third kappa shape index (κ3) is 4.97. The molecule has 1 aliphatic carbocycles. The van der Waals surface area contributed by atoms with Gasteiger partial charge < -0.3 is 25.2 Å². The molecule has 11 heteroatoms. The van der Waals surface area contributed by atoms with Crippen molar-refractivity contribution < 1.29 is 19.4 Å². The molecule has 10 nitrogen and oxygen atoms in total. The van der Waals surface area contributed by atoms with Crippen LogP contribution in [0.2, 0.25) is 0 Å². The Hall–Kier alpha value is -3.67. The molecule has 1 aliphatic rings. The average molecular weight is 521 g/mol. The fourth-order valence-electron chi connectivity index (χ4n) is 4.83. The van der Waals surface area contributed by atoms with E-state index in [4.69, 9.17) is 14.5 Å². The fraction of sp³-hybridized carbons (Fsp3) is 0.346. The number of aromatic nitrogens is 4. The van der Waals surface area contributed by atoms with Gasteiger partial charge in [0, 0.05) is 24.7 Å². The van der Waals surface area contributed by atoms with Crippen molar-refractivity contribution in [2.24, 2.45) is 5.92 Å². The van der Waals surface area contributed by atoms with Crippen LogP contribution in [0.4, 0.5) is 17.5 Å². The largest absolute Gasteiger partial charge is 0.469 e. The summed E-state index contributed by atoms with van der Waals surface area (Å²) in [5.74, 6) is -0.221. The normalized spacial score (nSPS) is 21.2. The first-order valence-corrected chi connectivity index (χ1v) is 12.7. The van der Waals surface area contributed by atoms with Crippen LogP contribution in [0.1, 0.15) is 17.8 Å². The maximum Gasteiger partial charge on any atom is 0.311 e. The predicted molar refractivity (Wildman–Crippen MR) is 142 cm³/mol. The van der Waals surface area contributed by atoms with E-state index in [1.165, 1.54) is 14.2 Å². The Morgan fingerprint density at radius 2 is 1.95 bits per heavy atom. The van der Waals surface area contributed by atoms with Gasteiger partial charge in [-0.25, -0.2) is 9.97 Å². The Labute approximate surface area is 218 Å². The Morgan fingerprint density at radius 1 is 1.14 bits per heavy atom. The van der Waals surface area contributed by atoms with E-state index < -0.39 is 24.1 Å². The Kier molecular flexibility index (Phi) is 7.00. The highest BCUT2D eigenvalue weighted by atomic mass is 32.1. The predicted octanol–water partition coefficient (Wildman–Crippen LogP) is 3.86. The zero-order valence-electron chi connectivity index (χ0n) is 20.9. The molecule has 1 fully saturated rings. The number of carbonyl (C=O) groups is 1. The minimum absolute atomic E-state index is 0.337. The molecular weight excluding hydrogens is 492 g/mol. The number of nitrogens with zero attached hydrogens (tertiary/aromatic N) is 4. The first kappa shape index (κ1) is 25.0. The molecule has 0 saturated heterocycles. The molecule has 1 aromatic carbocycles. The van der Waals surface area contributed by atoms with Crippen LogP contribution in [-0.2, 0) is 14.3 Å². The van der Waals surface area contributed by atoms with Crippen molar-refractivity contribution in [2.45, 2.75) is 38.5 Å². The van der Waals surface area contributed by atoms with Crippen LogP contribution in [0.5, 0.6) is 0 Å². The third-order valence-electron chi connectivity index (χ3n) is 6.50. The van der Waals surface area contributed by atoms with Gasteiger partial charge in [-0.3, -0.25) is 9.78 Å². The van der Waals surface area contributed by atoms with E-state index in [1.807, 2.05) is 38.1 Å². The number of pyridine rings is 1. The van der Waals surface area contributed by atoms with Gasteiger partial charge in [0.2, 0.25) is 5.95 Å². The summed E-state index contributed by atoms with van der Waals surface area (Å²) in [5, 5.41) is 18.1. The lowest BCUT2D eigenvalue weighted by Gasteiger charge is -2.22. The number of aliphatic hydroxyl groups excluding tert-OH is 1. The van der Waals surface area contributed by atoms with Crippen LogP contribution >= 0.6 is 11.3 Å². The van der Waals surface area contributed by atoms with Gasteiger partial charge in [-0.15, -0.1) is 11.3 Å². The monoisotopic (exact) mass is 520 g/mol. The lowest BCUT2D eigenvalue weighted by molar-refractivity contribution is -0.149. The SMILES string of the molecule is COC(=O)[C@H]1C[C@@H](Nc2ccnc(Nc3cc(C)nc(C)c3-c3nc4ccccc4s3)n2)[C@H](OC)[C@@H]1O. The number of aryl methyl sites for hydroxylation is 2. The molecular formula is C26H28N6O4S. The minimum atomic E-state index is -0.978. The zero-order valence-corrected chi connectivity index (χ0v) is 21.7. The van der Waals surface area contributed by atoms with Crippen molar-refractivity contribution in [3.63, 3.8) is 0 Å². The van der Waals surface area contributed by atoms with Gasteiger partial charge in [0.1, 0.15) is 16.9 Å². The first-order valence-electron chi connectivity index (χ1n) is 11.9. The Balaban J connectivity index is 1.42. The van der Waals surface area contributed by atoms with E-state index in [9.17, 15) is 9.90 Å². The lowest BCUT2D eigenvalue weighted by Crippen LogP contribution is -2.38. The number of nitrogens with one attached hydrogen (secondary N) is 2. The summed E-state index contributed by atoms with van der Waals surface area (Å²) in [6.45, 7) is 3.90. The Morgan fingerprint density at radius 3 is 2.70 bits per heavy atom. The lowest BCUT2D eigenvalue weighted by atomic mass is 10.1. The Bertz CT molecular complexity index is 1410. The maximum atomic E-state index is 12.1. The van der Waals surface area contributed by atoms with Crippen LogP contribution in [-0.4, -0.2) is 63.5 Å². The highest BCUT2D eigenvalue weighted by Crippen LogP contribution is 2.37. The van der Waals surface area contributed by atoms with E-state index >= 15 is 0 Å². The number of benzene rings is 1. The van der Waals surface area contributed by atoms with Crippen molar-refractivity contribution in [1.82, 2.24) is 19.9 Å². The van der Waals surface area contributed by atoms with Gasteiger partial charge >= 0.3 is 5.97 Å². The second-order valence-corrected chi connectivity index (χ2v) is 9.99. The highest BCUT2D eigenvalue weighted by molar-refractivity contribution is 7.21. The summed E-state index contributed by atoms with van der Waals surface area (Å²) in [6, 6.07) is 11.4. The topological polar surface area (TPSA) is 131 Å². The van der Waals surface area contributed by atoms with Crippen molar-refractivity contribution >= 4 is 45.0 Å². The molecule has 0 aliphatic heterocycles. The number of thiazole rings is 1. The molecule has 3 N–H and O–H groups in total. The number of rotatable bonds is 7. The molecule has 3 aromatic heterocycles. The number of fused-ring (bicyclic) bond motifs is 1. The van der Waals surface area contributed by atoms with Crippen LogP contribution in [0.3, 0.4) is 0 Å². The third-order valence-corrected chi connectivity index (χ3v) is 7.55. The smallest absolute Gasteiger partial charge is 0.311 e. The molecule has 3 heterocycles. The second kappa shape index (κ2) is 10.4. The molecule has 0 bridgehead atoms. The zero-order chi connectivity index (χ0) is 26.1. The number of anilines is 3. The number of para-hydroxylation sites is 1. The molecule has 37 heavy (non-hydrogen) atoms. The number of hydrogen-bond donors (Lipinski definition) is 3. The van der Waals surface area contributed by atoms with Gasteiger partial charge in [0.25, 0.3) is 0 Å². The van der Waals surface area contributed by atoms with E-state index in [0.29, 0.717) is 18.2 Å². The molecule has 4 atom stereocenters. The van der Waals surface area contributed by atoms with Crippen molar-refractivity contribution in [3.8, 4) is 10.6 Å². The molecule has 0 unspecified atom stereocenters. The van der Waals surface area contributed by atoms with Crippen LogP contribution in [0.25, 0.3) is 20.8 Å². The number of methoxy groups -OCH3 is 2. The summed E-state index contributed by atoms with van der Waals surface area (Å²) >= 11 is 1.61. The number of hydrogen-bond acceptors (Lipinski definition) is 11. The quantitative estimate of drug-likeness (QED) is 0.309. The van der Waals surface area contributed by atoms with E-state index in [0.717, 1.165) is 37.9 Å². The van der Waals surface area contributed by atoms with Gasteiger partial charge in [0.05, 0.1) is 46.6 Å². The second-order valence-electron chi connectivity index (χ2n) is 8.96. The molecule has 4 aromatic rings. The fourth-order valence-corrected chi connectivity index (χ4v) is 5.91. The molecule has 5 rings (SSSR count). The molecule has 0 radical (unpaired) electrons. The summed E-state index contributed by atoms with van der Waals surface area (Å²) in [6.07, 6.45) is 0.421. The summed E-state index contributed by atoms with van der Waals surface area (Å²) in [4.78, 5) is 30.6. The van der Waals surface area contributed by atoms with Crippen molar-refractivity contribution in [2.75, 3.05) is 24.9 Å². The van der Waals surface area contributed by atoms with E-state index in [1.54, 1.807) is 23.6 Å². The number of aliphatic hydroxyl groups is 1. The standard InChI is InChI=1S/C26H28N6O4S/c1-13-11-17(21(14(2)28-13)24-30-16-7-5-6-8-19(16)37-24)31-26-27-10-9-20(32-26)29-18-12-15(25(34)36-4)22(33)23(18)35-3/h5-11,15,18,22-23,33H,12H2,1-4H3,(H2,27,28,29,31,32)/t15-,18+,22+,23-/m0/s1. The highest BCUT2D eigenvalue weighted by Gasteiger charge is 2.47. The van der Waals surface area contributed by atoms with E-state index in [-0.39, 0.29) is 6.04 Å². The average Bonchev–Trinajstić information content (AvgIpc) is 3.43. The number of esters is 1. The first-order chi connectivity index (χ1) is 17.9. The molecule has 1 saturated carbocycles. The molecule has 0 amide bonds. The number of ether oxygens (including phenoxy) is 2. The van der Waals surface area contributed by atoms with Crippen LogP contribution < -0.4 is 10.6 Å². The van der Waals surface area contributed by atoms with Gasteiger partial charge in [0.15, 0.2) is 0 Å². The van der Waals surface area contributed by atoms with Crippen molar-refractivity contribution in [1.29, 1.82) is 0 Å². The van der Waals surface area contributed by atoms with Crippen LogP contribution in [0.15, 0.2) is 42.6 Å². The summed E-state index contributed by atoms with van der Waals surface area (Å²) in [7, 11) is 2.82. The van der Waals surface area contributed by atoms with Crippen molar-refractivity contribution in [3.05, 3.63) is 54.0 Å². The summed E-state index contributed by atoms with van der Waals surface area (Å²) in [5.41, 5.74) is 4.35. The molecule has 0 spiro atoms. The van der Waals surface area contributed by atoms with Gasteiger partial charge in [-0.05, 0) is 44.5 Å². The van der Waals surface area contributed by atoms with Gasteiger partial charge in [-0.1, -0.05) is 12.1 Å². The minimum Gasteiger partial charge on any atom is -0.469 e. The maximum absolute atomic E-state index is 12.1. The molecule has 192 valence electrons. The van der Waals surface area contributed by atoms with Crippen LogP contribution in [0, 0.1) is 19.8 Å². The summed E-state index contributed by atoms with van der Waals surface area (Å²) < 4.78 is 11.4. The van der Waals surface area contributed by atoms with E-state index in [2.05, 4.69) is 31.7 Å². The number of carbonyl (C=O) groups excluding carboxylic acids is 1.